The molecule has 30 heavy (non-hydrogen) atoms. The highest BCUT2D eigenvalue weighted by Crippen LogP contribution is 2.26. The standard InChI is InChI=1S/C23H22ClN3O3/c1-2-30-23(29)22-19-15-26(21(28)14-16-8-10-17(24)11-9-16)13-12-20(19)27(25-22)18-6-4-3-5-7-18/h3-11H,2,12-15H2,1H3. The molecular weight excluding hydrogens is 402 g/mol. The predicted octanol–water partition coefficient (Wildman–Crippen LogP) is 3.83. The number of fused-ring (bicyclic) bond motifs is 1. The van der Waals surface area contributed by atoms with Gasteiger partial charge in [0.15, 0.2) is 5.69 Å². The number of nitrogens with zero attached hydrogens (tertiary/aromatic N) is 3. The molecule has 1 aromatic heterocycles. The van der Waals surface area contributed by atoms with Crippen LogP contribution in [0.2, 0.25) is 5.02 Å². The zero-order valence-electron chi connectivity index (χ0n) is 16.7. The molecule has 0 bridgehead atoms. The van der Waals surface area contributed by atoms with E-state index in [-0.39, 0.29) is 24.6 Å². The number of hydrogen-bond acceptors (Lipinski definition) is 4. The number of esters is 1. The highest BCUT2D eigenvalue weighted by atomic mass is 35.5. The van der Waals surface area contributed by atoms with Crippen molar-refractivity contribution >= 4 is 23.5 Å². The van der Waals surface area contributed by atoms with Gasteiger partial charge in [-0.15, -0.1) is 0 Å². The van der Waals surface area contributed by atoms with E-state index < -0.39 is 5.97 Å². The third-order valence-electron chi connectivity index (χ3n) is 5.15. The van der Waals surface area contributed by atoms with Crippen molar-refractivity contribution in [1.29, 1.82) is 0 Å². The predicted molar refractivity (Wildman–Crippen MR) is 114 cm³/mol. The van der Waals surface area contributed by atoms with Crippen LogP contribution in [0.3, 0.4) is 0 Å². The minimum Gasteiger partial charge on any atom is -0.461 e. The summed E-state index contributed by atoms with van der Waals surface area (Å²) in [5.41, 5.74) is 3.76. The molecule has 0 aliphatic carbocycles. The summed E-state index contributed by atoms with van der Waals surface area (Å²) in [5, 5.41) is 5.20. The van der Waals surface area contributed by atoms with Crippen LogP contribution >= 0.6 is 11.6 Å². The van der Waals surface area contributed by atoms with Gasteiger partial charge < -0.3 is 9.64 Å². The second-order valence-electron chi connectivity index (χ2n) is 7.11. The van der Waals surface area contributed by atoms with E-state index in [1.54, 1.807) is 28.6 Å². The molecular formula is C23H22ClN3O3. The van der Waals surface area contributed by atoms with Crippen molar-refractivity contribution in [2.75, 3.05) is 13.2 Å². The molecule has 2 aromatic carbocycles. The number of amides is 1. The molecule has 7 heteroatoms. The molecule has 0 N–H and O–H groups in total. The molecule has 1 aliphatic heterocycles. The fourth-order valence-corrected chi connectivity index (χ4v) is 3.79. The third kappa shape index (κ3) is 4.09. The highest BCUT2D eigenvalue weighted by molar-refractivity contribution is 6.30. The lowest BCUT2D eigenvalue weighted by Gasteiger charge is -2.28. The van der Waals surface area contributed by atoms with Crippen LogP contribution in [0.1, 0.15) is 34.2 Å². The maximum absolute atomic E-state index is 12.9. The second-order valence-corrected chi connectivity index (χ2v) is 7.55. The van der Waals surface area contributed by atoms with Crippen molar-refractivity contribution in [1.82, 2.24) is 14.7 Å². The summed E-state index contributed by atoms with van der Waals surface area (Å²) in [6.45, 7) is 2.94. The van der Waals surface area contributed by atoms with Gasteiger partial charge in [-0.3, -0.25) is 4.79 Å². The zero-order chi connectivity index (χ0) is 21.1. The van der Waals surface area contributed by atoms with E-state index in [4.69, 9.17) is 16.3 Å². The van der Waals surface area contributed by atoms with Gasteiger partial charge in [-0.1, -0.05) is 41.9 Å². The molecule has 1 amide bonds. The van der Waals surface area contributed by atoms with Gasteiger partial charge in [-0.2, -0.15) is 5.10 Å². The maximum atomic E-state index is 12.9. The van der Waals surface area contributed by atoms with Gasteiger partial charge in [-0.25, -0.2) is 9.48 Å². The van der Waals surface area contributed by atoms with E-state index in [1.165, 1.54) is 0 Å². The number of carbonyl (C=O) groups excluding carboxylic acids is 2. The summed E-state index contributed by atoms with van der Waals surface area (Å²) < 4.78 is 7.01. The number of ether oxygens (including phenoxy) is 1. The monoisotopic (exact) mass is 423 g/mol. The molecule has 1 aliphatic rings. The number of hydrogen-bond donors (Lipinski definition) is 0. The highest BCUT2D eigenvalue weighted by Gasteiger charge is 2.31. The minimum atomic E-state index is -0.463. The SMILES string of the molecule is CCOC(=O)c1nn(-c2ccccc2)c2c1CN(C(=O)Cc1ccc(Cl)cc1)CC2. The summed E-state index contributed by atoms with van der Waals surface area (Å²) >= 11 is 5.93. The normalized spacial score (nSPS) is 13.1. The molecule has 6 nitrogen and oxygen atoms in total. The Hall–Kier alpha value is -3.12. The van der Waals surface area contributed by atoms with E-state index in [0.29, 0.717) is 24.5 Å². The first-order valence-corrected chi connectivity index (χ1v) is 10.3. The molecule has 0 unspecified atom stereocenters. The van der Waals surface area contributed by atoms with Crippen molar-refractivity contribution in [2.24, 2.45) is 0 Å². The van der Waals surface area contributed by atoms with Crippen LogP contribution in [0.15, 0.2) is 54.6 Å². The smallest absolute Gasteiger partial charge is 0.359 e. The van der Waals surface area contributed by atoms with Gasteiger partial charge in [0, 0.05) is 30.1 Å². The number of benzene rings is 2. The lowest BCUT2D eigenvalue weighted by molar-refractivity contribution is -0.131. The van der Waals surface area contributed by atoms with E-state index in [9.17, 15) is 9.59 Å². The lowest BCUT2D eigenvalue weighted by Crippen LogP contribution is -2.37. The fourth-order valence-electron chi connectivity index (χ4n) is 3.67. The van der Waals surface area contributed by atoms with Gasteiger partial charge >= 0.3 is 5.97 Å². The average molecular weight is 424 g/mol. The number of carbonyl (C=O) groups is 2. The van der Waals surface area contributed by atoms with Crippen LogP contribution in [0, 0.1) is 0 Å². The third-order valence-corrected chi connectivity index (χ3v) is 5.40. The summed E-state index contributed by atoms with van der Waals surface area (Å²) in [6.07, 6.45) is 0.900. The molecule has 0 radical (unpaired) electrons. The second kappa shape index (κ2) is 8.71. The topological polar surface area (TPSA) is 64.4 Å². The molecule has 0 saturated carbocycles. The first-order valence-electron chi connectivity index (χ1n) is 9.92. The average Bonchev–Trinajstić information content (AvgIpc) is 3.15. The Morgan fingerprint density at radius 2 is 1.83 bits per heavy atom. The quantitative estimate of drug-likeness (QED) is 0.585. The summed E-state index contributed by atoms with van der Waals surface area (Å²) in [6, 6.07) is 16.9. The van der Waals surface area contributed by atoms with Crippen molar-refractivity contribution < 1.29 is 14.3 Å². The van der Waals surface area contributed by atoms with Crippen molar-refractivity contribution in [3.8, 4) is 5.69 Å². The van der Waals surface area contributed by atoms with Crippen LogP contribution in [0.25, 0.3) is 5.69 Å². The van der Waals surface area contributed by atoms with Gasteiger partial charge in [0.1, 0.15) is 0 Å². The molecule has 2 heterocycles. The van der Waals surface area contributed by atoms with E-state index in [2.05, 4.69) is 5.10 Å². The number of halogens is 1. The van der Waals surface area contributed by atoms with Gasteiger partial charge in [0.2, 0.25) is 5.91 Å². The molecule has 154 valence electrons. The Labute approximate surface area is 180 Å². The first-order chi connectivity index (χ1) is 14.6. The molecule has 4 rings (SSSR count). The van der Waals surface area contributed by atoms with Gasteiger partial charge in [0.05, 0.1) is 24.4 Å². The Kier molecular flexibility index (Phi) is 5.86. The number of rotatable bonds is 5. The fraction of sp³-hybridized carbons (Fsp3) is 0.261. The number of para-hydroxylation sites is 1. The molecule has 0 spiro atoms. The van der Waals surface area contributed by atoms with Crippen LogP contribution in [0.4, 0.5) is 0 Å². The Balaban J connectivity index is 1.62. The first kappa shape index (κ1) is 20.2. The Morgan fingerprint density at radius 3 is 2.53 bits per heavy atom. The van der Waals surface area contributed by atoms with Crippen molar-refractivity contribution in [3.05, 3.63) is 82.1 Å². The van der Waals surface area contributed by atoms with Crippen LogP contribution < -0.4 is 0 Å². The molecule has 0 fully saturated rings. The maximum Gasteiger partial charge on any atom is 0.359 e. The zero-order valence-corrected chi connectivity index (χ0v) is 17.4. The van der Waals surface area contributed by atoms with Gasteiger partial charge in [-0.05, 0) is 36.8 Å². The Bertz CT molecular complexity index is 1060. The van der Waals surface area contributed by atoms with Gasteiger partial charge in [0.25, 0.3) is 0 Å². The Morgan fingerprint density at radius 1 is 1.10 bits per heavy atom. The largest absolute Gasteiger partial charge is 0.461 e. The molecule has 3 aromatic rings. The van der Waals surface area contributed by atoms with E-state index in [1.807, 2.05) is 42.5 Å². The lowest BCUT2D eigenvalue weighted by atomic mass is 10.0. The van der Waals surface area contributed by atoms with E-state index >= 15 is 0 Å². The summed E-state index contributed by atoms with van der Waals surface area (Å²) in [4.78, 5) is 27.2. The van der Waals surface area contributed by atoms with Crippen LogP contribution in [-0.4, -0.2) is 39.7 Å². The van der Waals surface area contributed by atoms with Crippen LogP contribution in [-0.2, 0) is 28.9 Å². The van der Waals surface area contributed by atoms with Crippen LogP contribution in [0.5, 0.6) is 0 Å². The minimum absolute atomic E-state index is 0.00485. The summed E-state index contributed by atoms with van der Waals surface area (Å²) in [5.74, 6) is -0.458. The molecule has 0 saturated heterocycles. The van der Waals surface area contributed by atoms with E-state index in [0.717, 1.165) is 22.5 Å². The van der Waals surface area contributed by atoms with Crippen molar-refractivity contribution in [3.63, 3.8) is 0 Å². The van der Waals surface area contributed by atoms with Crippen molar-refractivity contribution in [2.45, 2.75) is 26.3 Å². The molecule has 0 atom stereocenters. The summed E-state index contributed by atoms with van der Waals surface area (Å²) in [7, 11) is 0. The number of aromatic nitrogens is 2.